The fraction of sp³-hybridized carbons (Fsp3) is 0.455. The van der Waals surface area contributed by atoms with Crippen molar-refractivity contribution in [2.75, 3.05) is 11.9 Å². The zero-order valence-electron chi connectivity index (χ0n) is 15.9. The van der Waals surface area contributed by atoms with Crippen LogP contribution < -0.4 is 10.6 Å². The van der Waals surface area contributed by atoms with E-state index in [0.717, 1.165) is 25.7 Å². The van der Waals surface area contributed by atoms with Crippen molar-refractivity contribution in [1.82, 2.24) is 5.32 Å². The number of rotatable bonds is 6. The summed E-state index contributed by atoms with van der Waals surface area (Å²) in [4.78, 5) is 26.4. The van der Waals surface area contributed by atoms with Crippen LogP contribution in [0.3, 0.4) is 0 Å². The molecule has 6 heteroatoms. The Hall–Kier alpha value is -2.18. The number of carbonyl (C=O) groups is 2. The third-order valence-corrected chi connectivity index (χ3v) is 6.58. The summed E-state index contributed by atoms with van der Waals surface area (Å²) in [5.74, 6) is 0.251. The average Bonchev–Trinajstić information content (AvgIpc) is 3.49. The summed E-state index contributed by atoms with van der Waals surface area (Å²) in [6.07, 6.45) is 6.03. The van der Waals surface area contributed by atoms with E-state index in [9.17, 15) is 9.59 Å². The molecule has 1 aliphatic carbocycles. The summed E-state index contributed by atoms with van der Waals surface area (Å²) in [7, 11) is 0. The van der Waals surface area contributed by atoms with Crippen molar-refractivity contribution < 1.29 is 14.3 Å². The number of hydrogen-bond acceptors (Lipinski definition) is 4. The van der Waals surface area contributed by atoms with Crippen LogP contribution in [0.2, 0.25) is 0 Å². The fourth-order valence-electron chi connectivity index (χ4n) is 4.15. The first-order valence-corrected chi connectivity index (χ1v) is 11.0. The van der Waals surface area contributed by atoms with Gasteiger partial charge in [0.15, 0.2) is 0 Å². The Morgan fingerprint density at radius 3 is 2.64 bits per heavy atom. The standard InChI is InChI=1S/C22H26N2O3S/c25-21(24-20(15-6-1-2-7-15)19-11-5-13-28-19)16-8-3-9-17(14-16)23-22(26)18-10-4-12-27-18/h3,5,8-9,11,13-15,18,20H,1-2,4,6-7,10,12H2,(H,23,26)(H,24,25). The largest absolute Gasteiger partial charge is 0.368 e. The molecule has 2 fully saturated rings. The van der Waals surface area contributed by atoms with Crippen LogP contribution in [0.4, 0.5) is 5.69 Å². The molecule has 0 bridgehead atoms. The van der Waals surface area contributed by atoms with Crippen LogP contribution in [0, 0.1) is 5.92 Å². The van der Waals surface area contributed by atoms with Gasteiger partial charge in [0, 0.05) is 22.7 Å². The third kappa shape index (κ3) is 4.45. The number of nitrogens with one attached hydrogen (secondary N) is 2. The average molecular weight is 399 g/mol. The Morgan fingerprint density at radius 1 is 1.07 bits per heavy atom. The van der Waals surface area contributed by atoms with Gasteiger partial charge in [0.2, 0.25) is 0 Å². The van der Waals surface area contributed by atoms with Gasteiger partial charge in [-0.05, 0) is 61.2 Å². The maximum absolute atomic E-state index is 13.0. The molecular weight excluding hydrogens is 372 g/mol. The Kier molecular flexibility index (Phi) is 6.07. The molecule has 2 aromatic rings. The maximum atomic E-state index is 13.0. The Bertz CT molecular complexity index is 809. The molecule has 1 aromatic heterocycles. The molecule has 4 rings (SSSR count). The summed E-state index contributed by atoms with van der Waals surface area (Å²) in [6.45, 7) is 0.631. The first-order valence-electron chi connectivity index (χ1n) is 10.1. The molecule has 1 aromatic carbocycles. The van der Waals surface area contributed by atoms with E-state index in [0.29, 0.717) is 23.8 Å². The molecular formula is C22H26N2O3S. The Labute approximate surface area is 169 Å². The topological polar surface area (TPSA) is 67.4 Å². The number of amides is 2. The summed E-state index contributed by atoms with van der Waals surface area (Å²) in [6, 6.07) is 11.3. The molecule has 2 heterocycles. The number of carbonyl (C=O) groups excluding carboxylic acids is 2. The molecule has 2 aliphatic rings. The van der Waals surface area contributed by atoms with Gasteiger partial charge in [-0.25, -0.2) is 0 Å². The zero-order valence-corrected chi connectivity index (χ0v) is 16.7. The molecule has 2 unspecified atom stereocenters. The number of thiophene rings is 1. The second kappa shape index (κ2) is 8.88. The van der Waals surface area contributed by atoms with E-state index in [-0.39, 0.29) is 24.0 Å². The maximum Gasteiger partial charge on any atom is 0.253 e. The fourth-order valence-corrected chi connectivity index (χ4v) is 5.02. The molecule has 0 radical (unpaired) electrons. The van der Waals surface area contributed by atoms with Crippen LogP contribution >= 0.6 is 11.3 Å². The Morgan fingerprint density at radius 2 is 1.93 bits per heavy atom. The molecule has 1 saturated carbocycles. The van der Waals surface area contributed by atoms with Crippen molar-refractivity contribution in [1.29, 1.82) is 0 Å². The highest BCUT2D eigenvalue weighted by atomic mass is 32.1. The highest BCUT2D eigenvalue weighted by molar-refractivity contribution is 7.10. The molecule has 2 amide bonds. The summed E-state index contributed by atoms with van der Waals surface area (Å²) < 4.78 is 5.43. The molecule has 5 nitrogen and oxygen atoms in total. The lowest BCUT2D eigenvalue weighted by Crippen LogP contribution is -2.32. The van der Waals surface area contributed by atoms with Crippen LogP contribution in [0.5, 0.6) is 0 Å². The zero-order chi connectivity index (χ0) is 19.3. The van der Waals surface area contributed by atoms with Gasteiger partial charge in [0.05, 0.1) is 6.04 Å². The lowest BCUT2D eigenvalue weighted by atomic mass is 9.96. The third-order valence-electron chi connectivity index (χ3n) is 5.62. The minimum absolute atomic E-state index is 0.0557. The number of benzene rings is 1. The van der Waals surface area contributed by atoms with Crippen LogP contribution in [0.1, 0.15) is 59.8 Å². The van der Waals surface area contributed by atoms with Gasteiger partial charge in [-0.3, -0.25) is 9.59 Å². The second-order valence-corrected chi connectivity index (χ2v) is 8.56. The summed E-state index contributed by atoms with van der Waals surface area (Å²) in [5, 5.41) is 8.18. The van der Waals surface area contributed by atoms with Gasteiger partial charge in [-0.2, -0.15) is 0 Å². The normalized spacial score (nSPS) is 20.8. The van der Waals surface area contributed by atoms with E-state index >= 15 is 0 Å². The molecule has 0 spiro atoms. The van der Waals surface area contributed by atoms with E-state index in [2.05, 4.69) is 22.1 Å². The lowest BCUT2D eigenvalue weighted by molar-refractivity contribution is -0.124. The summed E-state index contributed by atoms with van der Waals surface area (Å²) in [5.41, 5.74) is 1.19. The van der Waals surface area contributed by atoms with Gasteiger partial charge < -0.3 is 15.4 Å². The quantitative estimate of drug-likeness (QED) is 0.751. The van der Waals surface area contributed by atoms with Crippen molar-refractivity contribution >= 4 is 28.8 Å². The lowest BCUT2D eigenvalue weighted by Gasteiger charge is -2.24. The predicted octanol–water partition coefficient (Wildman–Crippen LogP) is 4.53. The highest BCUT2D eigenvalue weighted by Crippen LogP contribution is 2.37. The first-order chi connectivity index (χ1) is 13.7. The minimum Gasteiger partial charge on any atom is -0.368 e. The highest BCUT2D eigenvalue weighted by Gasteiger charge is 2.29. The smallest absolute Gasteiger partial charge is 0.253 e. The number of ether oxygens (including phenoxy) is 1. The van der Waals surface area contributed by atoms with E-state index < -0.39 is 0 Å². The number of hydrogen-bond donors (Lipinski definition) is 2. The molecule has 1 aliphatic heterocycles. The predicted molar refractivity (Wildman–Crippen MR) is 111 cm³/mol. The van der Waals surface area contributed by atoms with Gasteiger partial charge in [-0.1, -0.05) is 25.0 Å². The molecule has 28 heavy (non-hydrogen) atoms. The molecule has 148 valence electrons. The molecule has 2 atom stereocenters. The van der Waals surface area contributed by atoms with Gasteiger partial charge in [0.1, 0.15) is 6.10 Å². The van der Waals surface area contributed by atoms with E-state index in [1.807, 2.05) is 6.07 Å². The van der Waals surface area contributed by atoms with Crippen molar-refractivity contribution in [2.45, 2.75) is 50.7 Å². The molecule has 2 N–H and O–H groups in total. The summed E-state index contributed by atoms with van der Waals surface area (Å²) >= 11 is 1.70. The van der Waals surface area contributed by atoms with E-state index in [4.69, 9.17) is 4.74 Å². The van der Waals surface area contributed by atoms with Gasteiger partial charge in [-0.15, -0.1) is 11.3 Å². The minimum atomic E-state index is -0.386. The number of anilines is 1. The molecule has 1 saturated heterocycles. The van der Waals surface area contributed by atoms with Gasteiger partial charge in [0.25, 0.3) is 11.8 Å². The van der Waals surface area contributed by atoms with Gasteiger partial charge >= 0.3 is 0 Å². The Balaban J connectivity index is 1.45. The van der Waals surface area contributed by atoms with E-state index in [1.54, 1.807) is 35.6 Å². The van der Waals surface area contributed by atoms with E-state index in [1.165, 1.54) is 17.7 Å². The SMILES string of the molecule is O=C(NC(c1cccs1)C1CCCC1)c1cccc(NC(=O)C2CCCO2)c1. The van der Waals surface area contributed by atoms with Crippen LogP contribution in [0.15, 0.2) is 41.8 Å². The monoisotopic (exact) mass is 398 g/mol. The first kappa shape index (κ1) is 19.2. The van der Waals surface area contributed by atoms with Crippen LogP contribution in [0.25, 0.3) is 0 Å². The van der Waals surface area contributed by atoms with Crippen LogP contribution in [-0.2, 0) is 9.53 Å². The second-order valence-electron chi connectivity index (χ2n) is 7.58. The van der Waals surface area contributed by atoms with Crippen LogP contribution in [-0.4, -0.2) is 24.5 Å². The van der Waals surface area contributed by atoms with Crippen molar-refractivity contribution in [2.24, 2.45) is 5.92 Å². The van der Waals surface area contributed by atoms with Crippen molar-refractivity contribution in [3.05, 3.63) is 52.2 Å². The van der Waals surface area contributed by atoms with Crippen molar-refractivity contribution in [3.63, 3.8) is 0 Å². The van der Waals surface area contributed by atoms with Crippen molar-refractivity contribution in [3.8, 4) is 0 Å².